The van der Waals surface area contributed by atoms with Gasteiger partial charge in [-0.2, -0.15) is 0 Å². The number of furan rings is 1. The van der Waals surface area contributed by atoms with Crippen LogP contribution in [-0.2, 0) is 13.2 Å². The number of amides is 1. The van der Waals surface area contributed by atoms with Crippen molar-refractivity contribution in [1.29, 1.82) is 0 Å². The van der Waals surface area contributed by atoms with Crippen molar-refractivity contribution >= 4 is 5.91 Å². The van der Waals surface area contributed by atoms with E-state index in [1.807, 2.05) is 30.9 Å². The van der Waals surface area contributed by atoms with Crippen LogP contribution in [0.25, 0.3) is 0 Å². The topological polar surface area (TPSA) is 45.9 Å². The molecule has 0 radical (unpaired) electrons. The second-order valence-electron chi connectivity index (χ2n) is 8.07. The Balaban J connectivity index is 1.28. The molecule has 0 unspecified atom stereocenters. The SMILES string of the molecule is Cc1cc(C)cc(OCc2ccc(C(=O)N3CCN(Cc4ccc(F)cc4)CC3)o2)c1. The molecule has 162 valence electrons. The molecule has 1 aromatic heterocycles. The number of hydrogen-bond donors (Lipinski definition) is 0. The van der Waals surface area contributed by atoms with Crippen LogP contribution in [0.3, 0.4) is 0 Å². The molecule has 0 saturated carbocycles. The van der Waals surface area contributed by atoms with E-state index in [0.717, 1.165) is 42.1 Å². The molecule has 1 amide bonds. The van der Waals surface area contributed by atoms with Crippen LogP contribution < -0.4 is 4.74 Å². The van der Waals surface area contributed by atoms with Crippen molar-refractivity contribution in [2.75, 3.05) is 26.2 Å². The van der Waals surface area contributed by atoms with E-state index in [-0.39, 0.29) is 18.3 Å². The third kappa shape index (κ3) is 5.52. The van der Waals surface area contributed by atoms with Gasteiger partial charge >= 0.3 is 0 Å². The Labute approximate surface area is 182 Å². The summed E-state index contributed by atoms with van der Waals surface area (Å²) in [5.74, 6) is 1.43. The maximum absolute atomic E-state index is 13.1. The lowest BCUT2D eigenvalue weighted by atomic mass is 10.1. The first kappa shape index (κ1) is 21.1. The minimum absolute atomic E-state index is 0.0981. The lowest BCUT2D eigenvalue weighted by Crippen LogP contribution is -2.48. The molecule has 6 heteroatoms. The highest BCUT2D eigenvalue weighted by atomic mass is 19.1. The van der Waals surface area contributed by atoms with Gasteiger partial charge < -0.3 is 14.1 Å². The lowest BCUT2D eigenvalue weighted by molar-refractivity contribution is 0.0594. The van der Waals surface area contributed by atoms with E-state index in [1.54, 1.807) is 24.3 Å². The highest BCUT2D eigenvalue weighted by Gasteiger charge is 2.24. The Morgan fingerprint density at radius 1 is 0.968 bits per heavy atom. The number of rotatable bonds is 6. The van der Waals surface area contributed by atoms with E-state index in [4.69, 9.17) is 9.15 Å². The van der Waals surface area contributed by atoms with E-state index in [1.165, 1.54) is 12.1 Å². The number of benzene rings is 2. The molecule has 1 fully saturated rings. The van der Waals surface area contributed by atoms with Gasteiger partial charge in [-0.25, -0.2) is 4.39 Å². The number of carbonyl (C=O) groups excluding carboxylic acids is 1. The van der Waals surface area contributed by atoms with Gasteiger partial charge in [-0.3, -0.25) is 9.69 Å². The van der Waals surface area contributed by atoms with Crippen LogP contribution in [0, 0.1) is 19.7 Å². The molecule has 31 heavy (non-hydrogen) atoms. The van der Waals surface area contributed by atoms with Crippen molar-refractivity contribution in [3.8, 4) is 5.75 Å². The van der Waals surface area contributed by atoms with Gasteiger partial charge in [0.05, 0.1) is 0 Å². The summed E-state index contributed by atoms with van der Waals surface area (Å²) in [7, 11) is 0. The fourth-order valence-electron chi connectivity index (χ4n) is 3.85. The van der Waals surface area contributed by atoms with E-state index in [2.05, 4.69) is 11.0 Å². The summed E-state index contributed by atoms with van der Waals surface area (Å²) >= 11 is 0. The molecule has 0 bridgehead atoms. The van der Waals surface area contributed by atoms with Gasteiger partial charge in [0.1, 0.15) is 23.9 Å². The van der Waals surface area contributed by atoms with Crippen molar-refractivity contribution in [3.05, 3.63) is 88.6 Å². The van der Waals surface area contributed by atoms with Crippen molar-refractivity contribution in [1.82, 2.24) is 9.80 Å². The average molecular weight is 423 g/mol. The van der Waals surface area contributed by atoms with E-state index in [9.17, 15) is 9.18 Å². The molecule has 3 aromatic rings. The second kappa shape index (κ2) is 9.35. The Bertz CT molecular complexity index is 1020. The predicted molar refractivity (Wildman–Crippen MR) is 117 cm³/mol. The molecular formula is C25H27FN2O3. The summed E-state index contributed by atoms with van der Waals surface area (Å²) < 4.78 is 24.6. The van der Waals surface area contributed by atoms with Crippen LogP contribution in [0.5, 0.6) is 5.75 Å². The minimum Gasteiger partial charge on any atom is -0.486 e. The van der Waals surface area contributed by atoms with Crippen LogP contribution in [0.2, 0.25) is 0 Å². The molecule has 0 aliphatic carbocycles. The number of hydrogen-bond acceptors (Lipinski definition) is 4. The minimum atomic E-state index is -0.226. The molecule has 1 aliphatic heterocycles. The van der Waals surface area contributed by atoms with E-state index >= 15 is 0 Å². The maximum atomic E-state index is 13.1. The van der Waals surface area contributed by atoms with Crippen molar-refractivity contribution in [3.63, 3.8) is 0 Å². The fraction of sp³-hybridized carbons (Fsp3) is 0.320. The third-order valence-corrected chi connectivity index (χ3v) is 5.43. The fourth-order valence-corrected chi connectivity index (χ4v) is 3.85. The van der Waals surface area contributed by atoms with Gasteiger partial charge in [0.2, 0.25) is 0 Å². The highest BCUT2D eigenvalue weighted by molar-refractivity contribution is 5.91. The normalized spacial score (nSPS) is 14.6. The van der Waals surface area contributed by atoms with E-state index < -0.39 is 0 Å². The largest absolute Gasteiger partial charge is 0.486 e. The van der Waals surface area contributed by atoms with Gasteiger partial charge in [0.15, 0.2) is 5.76 Å². The Morgan fingerprint density at radius 3 is 2.32 bits per heavy atom. The Morgan fingerprint density at radius 2 is 1.65 bits per heavy atom. The predicted octanol–water partition coefficient (Wildman–Crippen LogP) is 4.57. The number of carbonyl (C=O) groups is 1. The summed E-state index contributed by atoms with van der Waals surface area (Å²) in [6, 6.07) is 16.1. The highest BCUT2D eigenvalue weighted by Crippen LogP contribution is 2.19. The molecule has 2 aromatic carbocycles. The lowest BCUT2D eigenvalue weighted by Gasteiger charge is -2.34. The second-order valence-corrected chi connectivity index (χ2v) is 8.07. The van der Waals surface area contributed by atoms with Gasteiger partial charge in [0.25, 0.3) is 5.91 Å². The van der Waals surface area contributed by atoms with Gasteiger partial charge in [0, 0.05) is 32.7 Å². The van der Waals surface area contributed by atoms with Crippen LogP contribution in [-0.4, -0.2) is 41.9 Å². The summed E-state index contributed by atoms with van der Waals surface area (Å²) in [5, 5.41) is 0. The third-order valence-electron chi connectivity index (χ3n) is 5.43. The zero-order valence-electron chi connectivity index (χ0n) is 17.9. The monoisotopic (exact) mass is 422 g/mol. The quantitative estimate of drug-likeness (QED) is 0.584. The Kier molecular flexibility index (Phi) is 6.37. The first-order valence-electron chi connectivity index (χ1n) is 10.5. The summed E-state index contributed by atoms with van der Waals surface area (Å²) in [4.78, 5) is 16.9. The molecule has 1 aliphatic rings. The van der Waals surface area contributed by atoms with Crippen LogP contribution >= 0.6 is 0 Å². The molecule has 0 atom stereocenters. The van der Waals surface area contributed by atoms with Crippen LogP contribution in [0.4, 0.5) is 4.39 Å². The zero-order valence-corrected chi connectivity index (χ0v) is 17.9. The molecular weight excluding hydrogens is 395 g/mol. The van der Waals surface area contributed by atoms with Crippen LogP contribution in [0.1, 0.15) is 33.0 Å². The number of aryl methyl sites for hydroxylation is 2. The number of nitrogens with zero attached hydrogens (tertiary/aromatic N) is 2. The van der Waals surface area contributed by atoms with Crippen molar-refractivity contribution in [2.45, 2.75) is 27.0 Å². The van der Waals surface area contributed by atoms with Crippen molar-refractivity contribution in [2.24, 2.45) is 0 Å². The number of halogens is 1. The first-order valence-corrected chi connectivity index (χ1v) is 10.5. The average Bonchev–Trinajstić information content (AvgIpc) is 3.22. The molecule has 2 heterocycles. The summed E-state index contributed by atoms with van der Waals surface area (Å²) in [5.41, 5.74) is 3.36. The molecule has 0 N–H and O–H groups in total. The maximum Gasteiger partial charge on any atom is 0.289 e. The zero-order chi connectivity index (χ0) is 21.8. The first-order chi connectivity index (χ1) is 15.0. The van der Waals surface area contributed by atoms with E-state index in [0.29, 0.717) is 24.6 Å². The standard InChI is InChI=1S/C25H27FN2O3/c1-18-13-19(2)15-23(14-18)30-17-22-7-8-24(31-22)25(29)28-11-9-27(10-12-28)16-20-3-5-21(26)6-4-20/h3-8,13-15H,9-12,16-17H2,1-2H3. The van der Waals surface area contributed by atoms with Gasteiger partial charge in [-0.1, -0.05) is 18.2 Å². The number of ether oxygens (including phenoxy) is 1. The van der Waals surface area contributed by atoms with Gasteiger partial charge in [-0.05, 0) is 66.9 Å². The molecule has 0 spiro atoms. The number of piperazine rings is 1. The molecule has 5 nitrogen and oxygen atoms in total. The van der Waals surface area contributed by atoms with Crippen LogP contribution in [0.15, 0.2) is 59.0 Å². The Hall–Kier alpha value is -3.12. The van der Waals surface area contributed by atoms with Gasteiger partial charge in [-0.15, -0.1) is 0 Å². The molecule has 1 saturated heterocycles. The summed E-state index contributed by atoms with van der Waals surface area (Å²) in [6.45, 7) is 7.90. The molecule has 4 rings (SSSR count). The smallest absolute Gasteiger partial charge is 0.289 e. The van der Waals surface area contributed by atoms with Crippen molar-refractivity contribution < 1.29 is 18.3 Å². The summed E-state index contributed by atoms with van der Waals surface area (Å²) in [6.07, 6.45) is 0.